The van der Waals surface area contributed by atoms with Crippen LogP contribution in [0, 0.1) is 46.8 Å². The Balaban J connectivity index is 1.10. The van der Waals surface area contributed by atoms with Gasteiger partial charge in [-0.1, -0.05) is 49.0 Å². The summed E-state index contributed by atoms with van der Waals surface area (Å²) in [5, 5.41) is 7.59. The van der Waals surface area contributed by atoms with E-state index < -0.39 is 0 Å². The van der Waals surface area contributed by atoms with E-state index in [1.54, 1.807) is 5.57 Å². The number of hydrogen-bond donors (Lipinski definition) is 2. The summed E-state index contributed by atoms with van der Waals surface area (Å²) in [6.07, 6.45) is 33.4. The number of hydrogen-bond acceptors (Lipinski definition) is 2. The Labute approximate surface area is 219 Å². The Morgan fingerprint density at radius 3 is 2.67 bits per heavy atom. The molecular formula is C34H46N2. The van der Waals surface area contributed by atoms with Crippen LogP contribution < -0.4 is 5.73 Å². The van der Waals surface area contributed by atoms with Crippen molar-refractivity contribution in [3.63, 3.8) is 0 Å². The van der Waals surface area contributed by atoms with Gasteiger partial charge in [0.15, 0.2) is 0 Å². The molecule has 5 unspecified atom stereocenters. The van der Waals surface area contributed by atoms with Gasteiger partial charge in [-0.2, -0.15) is 0 Å². The molecule has 0 amide bonds. The second-order valence-electron chi connectivity index (χ2n) is 12.1. The second-order valence-corrected chi connectivity index (χ2v) is 12.1. The maximum atomic E-state index is 7.59. The van der Waals surface area contributed by atoms with Crippen molar-refractivity contribution in [1.29, 1.82) is 5.41 Å². The van der Waals surface area contributed by atoms with E-state index >= 15 is 0 Å². The van der Waals surface area contributed by atoms with E-state index in [-0.39, 0.29) is 0 Å². The van der Waals surface area contributed by atoms with Gasteiger partial charge in [0, 0.05) is 11.8 Å². The molecule has 5 aliphatic rings. The molecule has 0 aromatic heterocycles. The molecule has 0 aromatic rings. The first kappa shape index (κ1) is 25.5. The van der Waals surface area contributed by atoms with E-state index in [1.807, 2.05) is 12.2 Å². The van der Waals surface area contributed by atoms with Crippen LogP contribution in [-0.2, 0) is 0 Å². The van der Waals surface area contributed by atoms with Crippen LogP contribution in [0.4, 0.5) is 0 Å². The molecule has 2 nitrogen and oxygen atoms in total. The Bertz CT molecular complexity index is 1010. The molecule has 0 radical (unpaired) electrons. The molecule has 5 atom stereocenters. The summed E-state index contributed by atoms with van der Waals surface area (Å²) in [4.78, 5) is 0. The van der Waals surface area contributed by atoms with Crippen LogP contribution in [-0.4, -0.2) is 12.8 Å². The molecule has 192 valence electrons. The highest BCUT2D eigenvalue weighted by Crippen LogP contribution is 2.48. The summed E-state index contributed by atoms with van der Waals surface area (Å²) in [5.41, 5.74) is 14.3. The quantitative estimate of drug-likeness (QED) is 0.194. The maximum absolute atomic E-state index is 7.59. The summed E-state index contributed by atoms with van der Waals surface area (Å²) < 4.78 is 0. The van der Waals surface area contributed by atoms with E-state index in [0.29, 0.717) is 11.8 Å². The highest BCUT2D eigenvalue weighted by molar-refractivity contribution is 5.84. The van der Waals surface area contributed by atoms with Crippen molar-refractivity contribution >= 4 is 6.21 Å². The third kappa shape index (κ3) is 5.56. The maximum Gasteiger partial charge on any atom is 0.0262 e. The average Bonchev–Trinajstić information content (AvgIpc) is 3.43. The lowest BCUT2D eigenvalue weighted by Gasteiger charge is -2.44. The van der Waals surface area contributed by atoms with Crippen molar-refractivity contribution in [3.8, 4) is 0 Å². The van der Waals surface area contributed by atoms with Crippen molar-refractivity contribution in [2.24, 2.45) is 47.2 Å². The van der Waals surface area contributed by atoms with Gasteiger partial charge in [-0.3, -0.25) is 0 Å². The van der Waals surface area contributed by atoms with Crippen molar-refractivity contribution in [2.45, 2.75) is 77.0 Å². The molecule has 2 heteroatoms. The number of nitrogens with one attached hydrogen (secondary N) is 1. The van der Waals surface area contributed by atoms with Gasteiger partial charge in [0.25, 0.3) is 0 Å². The fraction of sp³-hybridized carbons (Fsp3) is 0.588. The molecule has 3 N–H and O–H groups in total. The van der Waals surface area contributed by atoms with Crippen LogP contribution in [0.15, 0.2) is 77.1 Å². The minimum Gasteiger partial charge on any atom is -0.330 e. The van der Waals surface area contributed by atoms with Crippen molar-refractivity contribution in [3.05, 3.63) is 77.1 Å². The molecule has 2 fully saturated rings. The fourth-order valence-electron chi connectivity index (χ4n) is 8.18. The van der Waals surface area contributed by atoms with Gasteiger partial charge < -0.3 is 11.1 Å². The summed E-state index contributed by atoms with van der Waals surface area (Å²) in [7, 11) is 0. The number of allylic oxidation sites excluding steroid dienone is 10. The number of nitrogens with two attached hydrogens (primary N) is 1. The summed E-state index contributed by atoms with van der Waals surface area (Å²) in [5.74, 6) is 5.63. The molecule has 0 aromatic carbocycles. The Morgan fingerprint density at radius 2 is 1.92 bits per heavy atom. The summed E-state index contributed by atoms with van der Waals surface area (Å²) in [6.45, 7) is 5.08. The van der Waals surface area contributed by atoms with Crippen LogP contribution >= 0.6 is 0 Å². The third-order valence-electron chi connectivity index (χ3n) is 10.4. The zero-order valence-electron chi connectivity index (χ0n) is 22.1. The van der Waals surface area contributed by atoms with Crippen molar-refractivity contribution < 1.29 is 0 Å². The van der Waals surface area contributed by atoms with Crippen LogP contribution in [0.2, 0.25) is 0 Å². The molecule has 2 saturated carbocycles. The lowest BCUT2D eigenvalue weighted by atomic mass is 9.61. The van der Waals surface area contributed by atoms with Crippen LogP contribution in [0.5, 0.6) is 0 Å². The van der Waals surface area contributed by atoms with E-state index in [2.05, 4.69) is 42.7 Å². The zero-order chi connectivity index (χ0) is 24.9. The number of fused-ring (bicyclic) bond motifs is 1. The Hall–Kier alpha value is -2.15. The highest BCUT2D eigenvalue weighted by atomic mass is 14.6. The van der Waals surface area contributed by atoms with Gasteiger partial charge in [-0.25, -0.2) is 0 Å². The minimum atomic E-state index is 0.564. The first-order valence-corrected chi connectivity index (χ1v) is 14.8. The van der Waals surface area contributed by atoms with Crippen molar-refractivity contribution in [1.82, 2.24) is 0 Å². The van der Waals surface area contributed by atoms with Gasteiger partial charge in [0.05, 0.1) is 0 Å². The van der Waals surface area contributed by atoms with Crippen molar-refractivity contribution in [2.75, 3.05) is 6.54 Å². The number of rotatable bonds is 9. The van der Waals surface area contributed by atoms with E-state index in [0.717, 1.165) is 65.7 Å². The first-order chi connectivity index (χ1) is 17.7. The first-order valence-electron chi connectivity index (χ1n) is 14.8. The molecule has 36 heavy (non-hydrogen) atoms. The highest BCUT2D eigenvalue weighted by Gasteiger charge is 2.38. The average molecular weight is 483 g/mol. The van der Waals surface area contributed by atoms with Crippen LogP contribution in [0.25, 0.3) is 0 Å². The van der Waals surface area contributed by atoms with Gasteiger partial charge in [0.1, 0.15) is 0 Å². The summed E-state index contributed by atoms with van der Waals surface area (Å²) >= 11 is 0. The van der Waals surface area contributed by atoms with Gasteiger partial charge in [-0.15, -0.1) is 5.73 Å². The normalized spacial score (nSPS) is 34.4. The van der Waals surface area contributed by atoms with E-state index in [4.69, 9.17) is 11.1 Å². The molecule has 0 saturated heterocycles. The predicted molar refractivity (Wildman–Crippen MR) is 153 cm³/mol. The smallest absolute Gasteiger partial charge is 0.0262 e. The van der Waals surface area contributed by atoms with E-state index in [9.17, 15) is 0 Å². The minimum absolute atomic E-state index is 0.564. The van der Waals surface area contributed by atoms with Crippen LogP contribution in [0.1, 0.15) is 77.0 Å². The molecular weight excluding hydrogens is 436 g/mol. The van der Waals surface area contributed by atoms with Gasteiger partial charge >= 0.3 is 0 Å². The molecule has 0 heterocycles. The fourth-order valence-corrected chi connectivity index (χ4v) is 8.18. The van der Waals surface area contributed by atoms with Gasteiger partial charge in [-0.05, 0) is 142 Å². The SMILES string of the molecule is C=C(CCC(CN)C1CC=C(C2CCC(C3CCCC4C=CC=CC43)CC2)CC1)C1=C(C=N)C=C=C1. The molecule has 5 rings (SSSR count). The topological polar surface area (TPSA) is 49.9 Å². The third-order valence-corrected chi connectivity index (χ3v) is 10.4. The lowest BCUT2D eigenvalue weighted by Crippen LogP contribution is -2.34. The molecule has 5 aliphatic carbocycles. The second kappa shape index (κ2) is 11.9. The lowest BCUT2D eigenvalue weighted by molar-refractivity contribution is 0.116. The molecule has 0 aliphatic heterocycles. The molecule has 0 bridgehead atoms. The Morgan fingerprint density at radius 1 is 1.08 bits per heavy atom. The van der Waals surface area contributed by atoms with Crippen LogP contribution in [0.3, 0.4) is 0 Å². The summed E-state index contributed by atoms with van der Waals surface area (Å²) in [6, 6.07) is 0. The van der Waals surface area contributed by atoms with E-state index in [1.165, 1.54) is 70.4 Å². The largest absolute Gasteiger partial charge is 0.330 e. The van der Waals surface area contributed by atoms with Gasteiger partial charge in [0.2, 0.25) is 0 Å². The predicted octanol–water partition coefficient (Wildman–Crippen LogP) is 8.26. The zero-order valence-corrected chi connectivity index (χ0v) is 22.1. The monoisotopic (exact) mass is 482 g/mol. The standard InChI is InChI=1S/C34H46N2/c1-24(32-10-5-8-31(32)23-36)12-13-30(22-35)27-16-14-25(15-17-27)26-18-20-29(21-19-26)34-11-4-7-28-6-2-3-9-33(28)34/h2-3,6,8-10,14,23,26-30,33-34,36H,1,4,7,11-13,15-22,35H2. The molecule has 0 spiro atoms. The Kier molecular flexibility index (Phi) is 8.45.